The number of hydrogen-bond acceptors (Lipinski definition) is 0. The third kappa shape index (κ3) is 12.5. The Morgan fingerprint density at radius 2 is 0.889 bits per heavy atom. The maximum absolute atomic E-state index is 2.45. The number of hydrogen-bond donors (Lipinski definition) is 0. The van der Waals surface area contributed by atoms with Gasteiger partial charge >= 0.3 is 0 Å². The normalized spacial score (nSPS) is 12.0. The van der Waals surface area contributed by atoms with Crippen LogP contribution in [0.2, 0.25) is 0 Å². The highest BCUT2D eigenvalue weighted by molar-refractivity contribution is 4.68. The summed E-state index contributed by atoms with van der Waals surface area (Å²) in [6.45, 7) is 9.50. The molecule has 0 aromatic rings. The fourth-order valence-electron chi connectivity index (χ4n) is 2.69. The van der Waals surface area contributed by atoms with E-state index in [1.807, 2.05) is 0 Å². The summed E-state index contributed by atoms with van der Waals surface area (Å²) in [6, 6.07) is 0. The van der Waals surface area contributed by atoms with Crippen LogP contribution in [-0.4, -0.2) is 0 Å². The summed E-state index contributed by atoms with van der Waals surface area (Å²) in [6.07, 6.45) is 18.7. The van der Waals surface area contributed by atoms with Crippen LogP contribution < -0.4 is 0 Å². The van der Waals surface area contributed by atoms with Crippen molar-refractivity contribution in [2.75, 3.05) is 0 Å². The van der Waals surface area contributed by atoms with E-state index in [1.54, 1.807) is 0 Å². The van der Waals surface area contributed by atoms with Crippen molar-refractivity contribution in [3.8, 4) is 0 Å². The van der Waals surface area contributed by atoms with Crippen molar-refractivity contribution in [3.05, 3.63) is 0 Å². The average molecular weight is 255 g/mol. The minimum Gasteiger partial charge on any atom is -0.0654 e. The molecule has 0 saturated carbocycles. The summed E-state index contributed by atoms with van der Waals surface area (Å²) >= 11 is 0. The van der Waals surface area contributed by atoms with Gasteiger partial charge in [0.15, 0.2) is 0 Å². The van der Waals surface area contributed by atoms with Gasteiger partial charge in [-0.15, -0.1) is 0 Å². The molecule has 0 N–H and O–H groups in total. The first-order valence-electron chi connectivity index (χ1n) is 8.62. The van der Waals surface area contributed by atoms with E-state index in [0.717, 1.165) is 0 Å². The van der Waals surface area contributed by atoms with Gasteiger partial charge in [0.2, 0.25) is 0 Å². The Morgan fingerprint density at radius 1 is 0.500 bits per heavy atom. The van der Waals surface area contributed by atoms with Crippen molar-refractivity contribution in [2.24, 2.45) is 5.41 Å². The van der Waals surface area contributed by atoms with Crippen molar-refractivity contribution in [1.82, 2.24) is 0 Å². The molecular weight excluding hydrogens is 216 g/mol. The van der Waals surface area contributed by atoms with Crippen LogP contribution in [0.15, 0.2) is 0 Å². The second-order valence-electron chi connectivity index (χ2n) is 6.85. The highest BCUT2D eigenvalue weighted by Crippen LogP contribution is 2.29. The fraction of sp³-hybridized carbons (Fsp3) is 1.00. The van der Waals surface area contributed by atoms with E-state index < -0.39 is 0 Å². The molecule has 0 heteroatoms. The molecule has 0 heterocycles. The molecule has 0 bridgehead atoms. The molecule has 0 aliphatic carbocycles. The minimum absolute atomic E-state index is 0.594. The Labute approximate surface area is 117 Å². The molecule has 0 rings (SSSR count). The minimum atomic E-state index is 0.594. The summed E-state index contributed by atoms with van der Waals surface area (Å²) in [5.41, 5.74) is 0.594. The van der Waals surface area contributed by atoms with E-state index in [-0.39, 0.29) is 0 Å². The van der Waals surface area contributed by atoms with E-state index in [1.165, 1.54) is 83.5 Å². The Hall–Kier alpha value is 0. The van der Waals surface area contributed by atoms with Gasteiger partial charge in [0.1, 0.15) is 0 Å². The summed E-state index contributed by atoms with van der Waals surface area (Å²) < 4.78 is 0. The van der Waals surface area contributed by atoms with Gasteiger partial charge in [0.25, 0.3) is 0 Å². The van der Waals surface area contributed by atoms with E-state index in [9.17, 15) is 0 Å². The molecule has 0 nitrogen and oxygen atoms in total. The Balaban J connectivity index is 3.23. The zero-order valence-corrected chi connectivity index (χ0v) is 13.7. The smallest absolute Gasteiger partial charge is 0.0354 e. The van der Waals surface area contributed by atoms with E-state index in [0.29, 0.717) is 5.41 Å². The standard InChI is InChI=1S/C18H38/c1-5-7-9-10-11-12-13-14-15-17-18(3,4)16-8-6-2/h5-17H2,1-4H3. The molecule has 0 spiro atoms. The van der Waals surface area contributed by atoms with Gasteiger partial charge in [0.05, 0.1) is 0 Å². The first-order chi connectivity index (χ1) is 8.62. The molecule has 0 aliphatic rings. The van der Waals surface area contributed by atoms with Gasteiger partial charge in [-0.05, 0) is 18.3 Å². The summed E-state index contributed by atoms with van der Waals surface area (Å²) in [4.78, 5) is 0. The van der Waals surface area contributed by atoms with Crippen LogP contribution in [0.1, 0.15) is 111 Å². The molecule has 0 radical (unpaired) electrons. The van der Waals surface area contributed by atoms with Crippen molar-refractivity contribution >= 4 is 0 Å². The highest BCUT2D eigenvalue weighted by atomic mass is 14.2. The van der Waals surface area contributed by atoms with Gasteiger partial charge < -0.3 is 0 Å². The molecule has 0 aromatic heterocycles. The second-order valence-corrected chi connectivity index (χ2v) is 6.85. The summed E-state index contributed by atoms with van der Waals surface area (Å²) in [5.74, 6) is 0. The third-order valence-corrected chi connectivity index (χ3v) is 4.16. The molecule has 0 amide bonds. The predicted octanol–water partition coefficient (Wildman–Crippen LogP) is 7.12. The molecule has 0 unspecified atom stereocenters. The first-order valence-corrected chi connectivity index (χ1v) is 8.62. The molecule has 18 heavy (non-hydrogen) atoms. The lowest BCUT2D eigenvalue weighted by Crippen LogP contribution is -2.10. The Morgan fingerprint density at radius 3 is 1.39 bits per heavy atom. The zero-order chi connectivity index (χ0) is 13.7. The predicted molar refractivity (Wildman–Crippen MR) is 85.2 cm³/mol. The van der Waals surface area contributed by atoms with Crippen LogP contribution in [0.4, 0.5) is 0 Å². The average Bonchev–Trinajstić information content (AvgIpc) is 2.34. The molecular formula is C18H38. The zero-order valence-electron chi connectivity index (χ0n) is 13.7. The van der Waals surface area contributed by atoms with Gasteiger partial charge in [-0.1, -0.05) is 98.3 Å². The molecule has 0 fully saturated rings. The van der Waals surface area contributed by atoms with Crippen LogP contribution in [0.5, 0.6) is 0 Å². The lowest BCUT2D eigenvalue weighted by molar-refractivity contribution is 0.285. The quantitative estimate of drug-likeness (QED) is 0.307. The van der Waals surface area contributed by atoms with Gasteiger partial charge in [0, 0.05) is 0 Å². The maximum atomic E-state index is 2.45. The largest absolute Gasteiger partial charge is 0.0654 e. The highest BCUT2D eigenvalue weighted by Gasteiger charge is 2.15. The molecule has 0 aliphatic heterocycles. The lowest BCUT2D eigenvalue weighted by Gasteiger charge is -2.24. The van der Waals surface area contributed by atoms with Gasteiger partial charge in [-0.25, -0.2) is 0 Å². The lowest BCUT2D eigenvalue weighted by atomic mass is 9.82. The van der Waals surface area contributed by atoms with Crippen LogP contribution in [-0.2, 0) is 0 Å². The van der Waals surface area contributed by atoms with Crippen LogP contribution in [0, 0.1) is 5.41 Å². The fourth-order valence-corrected chi connectivity index (χ4v) is 2.69. The van der Waals surface area contributed by atoms with Gasteiger partial charge in [-0.3, -0.25) is 0 Å². The van der Waals surface area contributed by atoms with Crippen molar-refractivity contribution < 1.29 is 0 Å². The van der Waals surface area contributed by atoms with Crippen molar-refractivity contribution in [3.63, 3.8) is 0 Å². The van der Waals surface area contributed by atoms with Crippen LogP contribution >= 0.6 is 0 Å². The number of unbranched alkanes of at least 4 members (excludes halogenated alkanes) is 9. The molecule has 0 saturated heterocycles. The Bertz CT molecular complexity index is 157. The van der Waals surface area contributed by atoms with E-state index >= 15 is 0 Å². The van der Waals surface area contributed by atoms with Crippen LogP contribution in [0.25, 0.3) is 0 Å². The topological polar surface area (TPSA) is 0 Å². The van der Waals surface area contributed by atoms with E-state index in [2.05, 4.69) is 27.7 Å². The molecule has 0 aromatic carbocycles. The monoisotopic (exact) mass is 254 g/mol. The van der Waals surface area contributed by atoms with E-state index in [4.69, 9.17) is 0 Å². The van der Waals surface area contributed by atoms with Crippen molar-refractivity contribution in [1.29, 1.82) is 0 Å². The Kier molecular flexibility index (Phi) is 12.1. The number of rotatable bonds is 13. The van der Waals surface area contributed by atoms with Gasteiger partial charge in [-0.2, -0.15) is 0 Å². The first kappa shape index (κ1) is 18.0. The SMILES string of the molecule is CCCCCCCCCCCC(C)(C)CCCC. The molecule has 0 atom stereocenters. The second kappa shape index (κ2) is 12.1. The van der Waals surface area contributed by atoms with Crippen molar-refractivity contribution in [2.45, 2.75) is 111 Å². The third-order valence-electron chi connectivity index (χ3n) is 4.16. The molecule has 110 valence electrons. The maximum Gasteiger partial charge on any atom is -0.0354 e. The summed E-state index contributed by atoms with van der Waals surface area (Å²) in [7, 11) is 0. The summed E-state index contributed by atoms with van der Waals surface area (Å²) in [5, 5.41) is 0. The van der Waals surface area contributed by atoms with Crippen LogP contribution in [0.3, 0.4) is 0 Å².